The number of carboxylic acid groups (broad SMARTS) is 2. The van der Waals surface area contributed by atoms with Gasteiger partial charge in [0.05, 0.1) is 17.4 Å². The first-order valence-corrected chi connectivity index (χ1v) is 12.0. The van der Waals surface area contributed by atoms with Gasteiger partial charge in [-0.3, -0.25) is 0 Å². The van der Waals surface area contributed by atoms with E-state index < -0.39 is 24.3 Å². The van der Waals surface area contributed by atoms with Gasteiger partial charge in [0, 0.05) is 18.7 Å². The summed E-state index contributed by atoms with van der Waals surface area (Å²) in [6.07, 6.45) is -3.23. The molecular weight excluding hydrogens is 548 g/mol. The van der Waals surface area contributed by atoms with E-state index in [1.54, 1.807) is 6.33 Å². The Balaban J connectivity index is 0.000000333. The number of aliphatic carboxylic acids is 2. The Labute approximate surface area is 225 Å². The molecule has 2 aromatic carbocycles. The van der Waals surface area contributed by atoms with E-state index in [-0.39, 0.29) is 0 Å². The van der Waals surface area contributed by atoms with E-state index in [1.807, 2.05) is 30.3 Å². The average Bonchev–Trinajstić information content (AvgIpc) is 3.31. The highest BCUT2D eigenvalue weighted by Gasteiger charge is 2.38. The Morgan fingerprint density at radius 3 is 2.08 bits per heavy atom. The zero-order valence-corrected chi connectivity index (χ0v) is 21.6. The van der Waals surface area contributed by atoms with E-state index in [0.29, 0.717) is 11.5 Å². The van der Waals surface area contributed by atoms with Crippen molar-refractivity contribution in [2.45, 2.75) is 64.5 Å². The molecule has 1 unspecified atom stereocenters. The molecule has 4 rings (SSSR count). The molecule has 1 atom stereocenters. The molecule has 1 aliphatic carbocycles. The van der Waals surface area contributed by atoms with Crippen LogP contribution in [0.5, 0.6) is 11.5 Å². The van der Waals surface area contributed by atoms with Crippen LogP contribution in [0.15, 0.2) is 48.8 Å². The van der Waals surface area contributed by atoms with Gasteiger partial charge in [0.1, 0.15) is 11.5 Å². The van der Waals surface area contributed by atoms with E-state index in [0.717, 1.165) is 29.1 Å². The molecule has 1 aliphatic rings. The maximum atomic E-state index is 10.6. The molecule has 1 heterocycles. The predicted molar refractivity (Wildman–Crippen MR) is 133 cm³/mol. The van der Waals surface area contributed by atoms with Crippen LogP contribution >= 0.6 is 0 Å². The highest BCUT2D eigenvalue weighted by atomic mass is 19.4. The van der Waals surface area contributed by atoms with Crippen molar-refractivity contribution in [1.82, 2.24) is 15.3 Å². The number of ether oxygens (including phenoxy) is 1. The van der Waals surface area contributed by atoms with E-state index in [2.05, 4.69) is 41.3 Å². The number of H-pyrrole nitrogens is 1. The molecule has 1 fully saturated rings. The van der Waals surface area contributed by atoms with Crippen LogP contribution < -0.4 is 10.1 Å². The Kier molecular flexibility index (Phi) is 10.9. The molecule has 3 aromatic rings. The Hall–Kier alpha value is -3.81. The quantitative estimate of drug-likeness (QED) is 0.249. The summed E-state index contributed by atoms with van der Waals surface area (Å²) in [5.41, 5.74) is 3.71. The minimum atomic E-state index is -5.08. The van der Waals surface area contributed by atoms with Crippen LogP contribution in [0.4, 0.5) is 26.3 Å². The lowest BCUT2D eigenvalue weighted by molar-refractivity contribution is -0.193. The fraction of sp³-hybridized carbons (Fsp3) is 0.423. The second-order valence-corrected chi connectivity index (χ2v) is 9.77. The van der Waals surface area contributed by atoms with E-state index in [9.17, 15) is 26.3 Å². The second kappa shape index (κ2) is 13.5. The zero-order valence-electron chi connectivity index (χ0n) is 21.6. The number of hydrogen-bond donors (Lipinski definition) is 4. The number of aromatic nitrogens is 2. The molecule has 0 amide bonds. The lowest BCUT2D eigenvalue weighted by Crippen LogP contribution is -2.36. The molecule has 4 N–H and O–H groups in total. The number of rotatable bonds is 5. The number of nitrogens with one attached hydrogen (secondary N) is 2. The van der Waals surface area contributed by atoms with Crippen LogP contribution in [0.1, 0.15) is 45.1 Å². The van der Waals surface area contributed by atoms with Gasteiger partial charge in [-0.25, -0.2) is 14.6 Å². The maximum Gasteiger partial charge on any atom is 0.490 e. The van der Waals surface area contributed by atoms with Gasteiger partial charge in [-0.1, -0.05) is 32.4 Å². The van der Waals surface area contributed by atoms with Crippen LogP contribution in [0, 0.1) is 5.41 Å². The molecule has 1 saturated carbocycles. The van der Waals surface area contributed by atoms with Crippen molar-refractivity contribution in [1.29, 1.82) is 0 Å². The van der Waals surface area contributed by atoms with Crippen LogP contribution in [0.25, 0.3) is 11.0 Å². The first-order chi connectivity index (χ1) is 18.5. The summed E-state index contributed by atoms with van der Waals surface area (Å²) in [7, 11) is 0. The van der Waals surface area contributed by atoms with Crippen LogP contribution in [0.2, 0.25) is 0 Å². The van der Waals surface area contributed by atoms with Crippen molar-refractivity contribution < 1.29 is 50.9 Å². The highest BCUT2D eigenvalue weighted by molar-refractivity contribution is 5.76. The Bertz CT molecular complexity index is 1230. The minimum Gasteiger partial charge on any atom is -0.475 e. The van der Waals surface area contributed by atoms with Crippen molar-refractivity contribution in [2.75, 3.05) is 0 Å². The van der Waals surface area contributed by atoms with Crippen molar-refractivity contribution in [3.8, 4) is 11.5 Å². The van der Waals surface area contributed by atoms with E-state index in [4.69, 9.17) is 24.5 Å². The van der Waals surface area contributed by atoms with Crippen LogP contribution in [-0.2, 0) is 16.1 Å². The average molecular weight is 578 g/mol. The monoisotopic (exact) mass is 577 g/mol. The van der Waals surface area contributed by atoms with Gasteiger partial charge in [0.2, 0.25) is 0 Å². The highest BCUT2D eigenvalue weighted by Crippen LogP contribution is 2.35. The van der Waals surface area contributed by atoms with Crippen molar-refractivity contribution in [3.63, 3.8) is 0 Å². The van der Waals surface area contributed by atoms with Crippen LogP contribution in [-0.4, -0.2) is 50.5 Å². The maximum absolute atomic E-state index is 10.6. The first-order valence-electron chi connectivity index (χ1n) is 12.0. The molecule has 0 radical (unpaired) electrons. The number of benzene rings is 2. The molecule has 0 saturated heterocycles. The van der Waals surface area contributed by atoms with Gasteiger partial charge >= 0.3 is 24.3 Å². The summed E-state index contributed by atoms with van der Waals surface area (Å²) in [5.74, 6) is -3.84. The fourth-order valence-corrected chi connectivity index (χ4v) is 3.92. The minimum absolute atomic E-state index is 0.476. The molecule has 0 bridgehead atoms. The van der Waals surface area contributed by atoms with Crippen molar-refractivity contribution >= 4 is 23.0 Å². The van der Waals surface area contributed by atoms with Crippen molar-refractivity contribution in [3.05, 3.63) is 54.4 Å². The van der Waals surface area contributed by atoms with Crippen LogP contribution in [0.3, 0.4) is 0 Å². The summed E-state index contributed by atoms with van der Waals surface area (Å²) < 4.78 is 69.4. The Morgan fingerprint density at radius 2 is 1.55 bits per heavy atom. The van der Waals surface area contributed by atoms with E-state index in [1.165, 1.54) is 31.2 Å². The Morgan fingerprint density at radius 1 is 1.00 bits per heavy atom. The van der Waals surface area contributed by atoms with Gasteiger partial charge in [0.15, 0.2) is 0 Å². The lowest BCUT2D eigenvalue weighted by atomic mass is 9.75. The normalized spacial score (nSPS) is 16.6. The predicted octanol–water partition coefficient (Wildman–Crippen LogP) is 6.68. The second-order valence-electron chi connectivity index (χ2n) is 9.77. The number of fused-ring (bicyclic) bond motifs is 1. The largest absolute Gasteiger partial charge is 0.490 e. The smallest absolute Gasteiger partial charge is 0.475 e. The summed E-state index contributed by atoms with van der Waals surface area (Å²) in [4.78, 5) is 25.1. The standard InChI is InChI=1S/C22H27N3O.2C2HF3O2/c1-22(2)11-3-4-17(13-22)23-14-16-5-7-18(8-6-16)26-19-9-10-20-21(12-19)25-15-24-20;2*3-2(4,5)1(6)7/h5-10,12,15,17,23H,3-4,11,13-14H2,1-2H3,(H,24,25);2*(H,6,7). The SMILES string of the molecule is CC1(C)CCCC(NCc2ccc(Oc3ccc4nc[nH]c4c3)cc2)C1.O=C(O)C(F)(F)F.O=C(O)C(F)(F)F. The third kappa shape index (κ3) is 11.1. The van der Waals surface area contributed by atoms with Crippen molar-refractivity contribution in [2.24, 2.45) is 5.41 Å². The first kappa shape index (κ1) is 32.4. The number of carboxylic acids is 2. The molecule has 40 heavy (non-hydrogen) atoms. The summed E-state index contributed by atoms with van der Waals surface area (Å²) in [5, 5.41) is 18.0. The molecule has 0 aliphatic heterocycles. The third-order valence-electron chi connectivity index (χ3n) is 5.84. The lowest BCUT2D eigenvalue weighted by Gasteiger charge is -2.35. The molecule has 1 aromatic heterocycles. The molecule has 14 heteroatoms. The number of aromatic amines is 1. The number of hydrogen-bond acceptors (Lipinski definition) is 5. The van der Waals surface area contributed by atoms with Gasteiger partial charge in [-0.15, -0.1) is 0 Å². The topological polar surface area (TPSA) is 125 Å². The number of alkyl halides is 6. The molecule has 8 nitrogen and oxygen atoms in total. The van der Waals surface area contributed by atoms with Gasteiger partial charge < -0.3 is 25.3 Å². The molecule has 220 valence electrons. The van der Waals surface area contributed by atoms with Gasteiger partial charge in [0.25, 0.3) is 0 Å². The third-order valence-corrected chi connectivity index (χ3v) is 5.84. The summed E-state index contributed by atoms with van der Waals surface area (Å²) >= 11 is 0. The number of imidazole rings is 1. The molecular formula is C26H29F6N3O5. The fourth-order valence-electron chi connectivity index (χ4n) is 3.92. The zero-order chi connectivity index (χ0) is 30.1. The van der Waals surface area contributed by atoms with Gasteiger partial charge in [-0.2, -0.15) is 26.3 Å². The summed E-state index contributed by atoms with van der Waals surface area (Å²) in [6, 6.07) is 14.9. The number of halogens is 6. The molecule has 0 spiro atoms. The van der Waals surface area contributed by atoms with E-state index >= 15 is 0 Å². The number of carbonyl (C=O) groups is 2. The number of nitrogens with zero attached hydrogens (tertiary/aromatic N) is 1. The summed E-state index contributed by atoms with van der Waals surface area (Å²) in [6.45, 7) is 5.68. The van der Waals surface area contributed by atoms with Gasteiger partial charge in [-0.05, 0) is 54.5 Å².